The van der Waals surface area contributed by atoms with Crippen LogP contribution in [0.25, 0.3) is 0 Å². The number of hydrogen-bond acceptors (Lipinski definition) is 26. The molecule has 6 unspecified atom stereocenters. The second-order valence-corrected chi connectivity index (χ2v) is 19.1. The number of morpholine rings is 1. The minimum absolute atomic E-state index is 0.0139. The van der Waals surface area contributed by atoms with E-state index in [0.717, 1.165) is 39.4 Å². The Morgan fingerprint density at radius 3 is 1.79 bits per heavy atom. The normalized spacial score (nSPS) is 15.7. The van der Waals surface area contributed by atoms with Crippen LogP contribution in [-0.4, -0.2) is 156 Å². The van der Waals surface area contributed by atoms with Crippen molar-refractivity contribution in [3.63, 3.8) is 0 Å². The van der Waals surface area contributed by atoms with Gasteiger partial charge in [0.15, 0.2) is 30.5 Å². The summed E-state index contributed by atoms with van der Waals surface area (Å²) in [7, 11) is -4.53. The first-order chi connectivity index (χ1) is 30.8. The van der Waals surface area contributed by atoms with Crippen molar-refractivity contribution in [1.29, 1.82) is 0 Å². The zero-order valence-corrected chi connectivity index (χ0v) is 40.3. The molecule has 1 amide bonds. The predicted octanol–water partition coefficient (Wildman–Crippen LogP) is 0.370. The Labute approximate surface area is 388 Å². The molecule has 2 N–H and O–H groups in total. The fraction of sp³-hybridized carbons (Fsp3) is 0.684. The number of ketones is 1. The van der Waals surface area contributed by atoms with Crippen molar-refractivity contribution in [2.75, 3.05) is 44.4 Å². The number of esters is 6. The van der Waals surface area contributed by atoms with Crippen molar-refractivity contribution in [3.8, 4) is 5.88 Å². The first-order valence-corrected chi connectivity index (χ1v) is 23.5. The van der Waals surface area contributed by atoms with Gasteiger partial charge in [0.1, 0.15) is 23.5 Å². The van der Waals surface area contributed by atoms with Crippen LogP contribution in [0.15, 0.2) is 4.34 Å². The van der Waals surface area contributed by atoms with Crippen molar-refractivity contribution in [2.45, 2.75) is 134 Å². The number of Topliss-reactive ketones (excluding diaryl/α,β-unsaturated/α-hetero) is 1. The number of hydrogen-bond donors (Lipinski definition) is 2. The third-order valence-electron chi connectivity index (χ3n) is 8.57. The quantitative estimate of drug-likeness (QED) is 0.100. The number of ether oxygens (including phenoxy) is 8. The zero-order valence-electron chi connectivity index (χ0n) is 37.8. The molecule has 0 radical (unpaired) electrons. The number of rotatable bonds is 25. The van der Waals surface area contributed by atoms with Crippen LogP contribution in [0.5, 0.6) is 5.88 Å². The molecular formula is C38H55N7O18S3. The Bertz CT molecular complexity index is 2140. The largest absolute Gasteiger partial charge is 0.470 e. The van der Waals surface area contributed by atoms with Crippen LogP contribution in [0.4, 0.5) is 5.82 Å². The van der Waals surface area contributed by atoms with Gasteiger partial charge in [-0.2, -0.15) is 12.8 Å². The van der Waals surface area contributed by atoms with Gasteiger partial charge >= 0.3 is 35.8 Å². The smallest absolute Gasteiger partial charge is 0.347 e. The van der Waals surface area contributed by atoms with Crippen LogP contribution < -0.4 is 19.7 Å². The summed E-state index contributed by atoms with van der Waals surface area (Å²) in [6.45, 7) is 15.2. The molecule has 368 valence electrons. The van der Waals surface area contributed by atoms with E-state index in [1.54, 1.807) is 4.72 Å². The molecule has 6 atom stereocenters. The maximum absolute atomic E-state index is 12.8. The Kier molecular flexibility index (Phi) is 21.2. The highest BCUT2D eigenvalue weighted by Gasteiger charge is 2.33. The van der Waals surface area contributed by atoms with E-state index in [2.05, 4.69) is 24.3 Å². The van der Waals surface area contributed by atoms with E-state index in [0.29, 0.717) is 49.3 Å². The summed E-state index contributed by atoms with van der Waals surface area (Å²) in [6.07, 6.45) is -9.42. The molecule has 0 aliphatic carbocycles. The lowest BCUT2D eigenvalue weighted by molar-refractivity contribution is -0.185. The SMILES string of the molecule is CC(=O)Cc1nnc(S(=O)(=O)NC(=O)C(C)OC(=O)C(C)OC(=O)C(C)OC(=O)C(C)OC(=O)C(C)OC(=O)CCCC(=O)OC(CNC(C)(C)C)COc2nsnc2N2CCOCC2)s1. The number of anilines is 1. The third kappa shape index (κ3) is 18.8. The fourth-order valence-electron chi connectivity index (χ4n) is 5.06. The lowest BCUT2D eigenvalue weighted by atomic mass is 10.1. The van der Waals surface area contributed by atoms with Crippen molar-refractivity contribution in [3.05, 3.63) is 5.01 Å². The van der Waals surface area contributed by atoms with E-state index < -0.39 is 92.7 Å². The number of nitrogens with one attached hydrogen (secondary N) is 2. The summed E-state index contributed by atoms with van der Waals surface area (Å²) in [5.74, 6) is -6.98. The van der Waals surface area contributed by atoms with Crippen LogP contribution in [0, 0.1) is 0 Å². The minimum atomic E-state index is -4.53. The van der Waals surface area contributed by atoms with Crippen molar-refractivity contribution in [1.82, 2.24) is 29.0 Å². The van der Waals surface area contributed by atoms with Gasteiger partial charge in [-0.25, -0.2) is 23.9 Å². The number of aromatic nitrogens is 4. The number of carbonyl (C=O) groups is 8. The van der Waals surface area contributed by atoms with Gasteiger partial charge in [0.25, 0.3) is 26.2 Å². The molecule has 66 heavy (non-hydrogen) atoms. The maximum Gasteiger partial charge on any atom is 0.347 e. The van der Waals surface area contributed by atoms with E-state index in [1.807, 2.05) is 25.7 Å². The summed E-state index contributed by atoms with van der Waals surface area (Å²) in [5, 5.41) is 10.4. The topological polar surface area (TPSA) is 323 Å². The molecule has 0 saturated carbocycles. The fourth-order valence-corrected chi connectivity index (χ4v) is 7.74. The number of carbonyl (C=O) groups excluding carboxylic acids is 8. The lowest BCUT2D eigenvalue weighted by Crippen LogP contribution is -2.44. The van der Waals surface area contributed by atoms with E-state index in [-0.39, 0.29) is 55.2 Å². The van der Waals surface area contributed by atoms with Gasteiger partial charge in [-0.3, -0.25) is 19.2 Å². The highest BCUT2D eigenvalue weighted by Crippen LogP contribution is 2.26. The van der Waals surface area contributed by atoms with Gasteiger partial charge in [-0.1, -0.05) is 11.3 Å². The standard InChI is InChI=1S/C38H55N7O18S3/c1-20(46)17-27-40-41-37(64-27)66(54,55)44-31(49)21(2)59-34(51)23(4)61-36(53)25(6)62-35(52)24(5)60-33(50)22(3)58-28(47)11-10-12-29(48)63-26(18-39-38(7,8)9)19-57-32-30(42-65-43-32)45-13-15-56-16-14-45/h21-26,39H,10-19H2,1-9H3,(H,44,49). The second kappa shape index (κ2) is 25.5. The highest BCUT2D eigenvalue weighted by molar-refractivity contribution is 7.92. The molecule has 1 saturated heterocycles. The number of amides is 1. The van der Waals surface area contributed by atoms with Crippen LogP contribution in [0.2, 0.25) is 0 Å². The van der Waals surface area contributed by atoms with E-state index in [1.165, 1.54) is 13.8 Å². The van der Waals surface area contributed by atoms with Gasteiger partial charge < -0.3 is 48.1 Å². The predicted molar refractivity (Wildman–Crippen MR) is 227 cm³/mol. The summed E-state index contributed by atoms with van der Waals surface area (Å²) >= 11 is 1.56. The number of sulfonamides is 1. The van der Waals surface area contributed by atoms with Gasteiger partial charge in [-0.05, 0) is 68.7 Å². The van der Waals surface area contributed by atoms with E-state index in [9.17, 15) is 46.8 Å². The van der Waals surface area contributed by atoms with E-state index >= 15 is 0 Å². The molecule has 3 rings (SSSR count). The molecule has 25 nitrogen and oxygen atoms in total. The molecule has 1 aliphatic rings. The van der Waals surface area contributed by atoms with Crippen LogP contribution >= 0.6 is 23.1 Å². The van der Waals surface area contributed by atoms with Crippen molar-refractivity contribution >= 4 is 86.4 Å². The summed E-state index contributed by atoms with van der Waals surface area (Å²) in [6, 6.07) is 0. The molecule has 0 spiro atoms. The van der Waals surface area contributed by atoms with Gasteiger partial charge in [0.2, 0.25) is 5.82 Å². The Morgan fingerprint density at radius 1 is 0.742 bits per heavy atom. The third-order valence-corrected chi connectivity index (χ3v) is 11.7. The zero-order chi connectivity index (χ0) is 49.4. The highest BCUT2D eigenvalue weighted by atomic mass is 32.2. The van der Waals surface area contributed by atoms with Crippen LogP contribution in [-0.2, 0) is 88.0 Å². The van der Waals surface area contributed by atoms with Gasteiger partial charge in [0.05, 0.1) is 31.4 Å². The van der Waals surface area contributed by atoms with Crippen LogP contribution in [0.1, 0.15) is 86.6 Å². The first-order valence-electron chi connectivity index (χ1n) is 20.5. The Balaban J connectivity index is 1.38. The Hall–Kier alpha value is -5.45. The molecular weight excluding hydrogens is 939 g/mol. The molecule has 28 heteroatoms. The minimum Gasteiger partial charge on any atom is -0.470 e. The van der Waals surface area contributed by atoms with E-state index in [4.69, 9.17) is 37.9 Å². The molecule has 3 heterocycles. The summed E-state index contributed by atoms with van der Waals surface area (Å²) < 4.78 is 76.6. The lowest BCUT2D eigenvalue weighted by Gasteiger charge is -2.27. The first kappa shape index (κ1) is 54.9. The Morgan fingerprint density at radius 2 is 1.26 bits per heavy atom. The second-order valence-electron chi connectivity index (χ2n) is 15.7. The average Bonchev–Trinajstić information content (AvgIpc) is 3.91. The average molecular weight is 994 g/mol. The number of nitrogens with zero attached hydrogens (tertiary/aromatic N) is 5. The summed E-state index contributed by atoms with van der Waals surface area (Å²) in [5.41, 5.74) is -0.298. The molecule has 2 aromatic heterocycles. The summed E-state index contributed by atoms with van der Waals surface area (Å²) in [4.78, 5) is 101. The monoisotopic (exact) mass is 993 g/mol. The molecule has 0 aromatic carbocycles. The molecule has 1 aliphatic heterocycles. The van der Waals surface area contributed by atoms with Crippen LogP contribution in [0.3, 0.4) is 0 Å². The molecule has 1 fully saturated rings. The van der Waals surface area contributed by atoms with Gasteiger partial charge in [0, 0.05) is 38.0 Å². The maximum atomic E-state index is 12.8. The van der Waals surface area contributed by atoms with Gasteiger partial charge in [-0.15, -0.1) is 14.6 Å². The van der Waals surface area contributed by atoms with Crippen molar-refractivity contribution in [2.24, 2.45) is 0 Å². The molecule has 2 aromatic rings. The van der Waals surface area contributed by atoms with Crippen molar-refractivity contribution < 1.29 is 84.7 Å². The molecule has 0 bridgehead atoms.